The quantitative estimate of drug-likeness (QED) is 0.583. The molecular formula is C12H10Cl4N4O2. The van der Waals surface area contributed by atoms with Gasteiger partial charge < -0.3 is 9.47 Å². The zero-order chi connectivity index (χ0) is 16.7. The van der Waals surface area contributed by atoms with Gasteiger partial charge in [-0.15, -0.1) is 0 Å². The second kappa shape index (κ2) is 8.95. The summed E-state index contributed by atoms with van der Waals surface area (Å²) in [5, 5.41) is 0.608. The Labute approximate surface area is 147 Å². The summed E-state index contributed by atoms with van der Waals surface area (Å²) < 4.78 is 9.72. The van der Waals surface area contributed by atoms with Crippen molar-refractivity contribution >= 4 is 52.5 Å². The van der Waals surface area contributed by atoms with E-state index >= 15 is 0 Å². The van der Waals surface area contributed by atoms with Crippen LogP contribution in [0, 0.1) is 0 Å². The van der Waals surface area contributed by atoms with Gasteiger partial charge >= 0.3 is 0 Å². The molecular weight excluding hydrogens is 374 g/mol. The number of hydrogen-bond acceptors (Lipinski definition) is 6. The maximum atomic E-state index is 5.71. The fraction of sp³-hybridized carbons (Fsp3) is 0.167. The van der Waals surface area contributed by atoms with Crippen LogP contribution in [0.15, 0.2) is 12.8 Å². The maximum absolute atomic E-state index is 5.71. The SMILES string of the molecule is C=Cc1nc(Cl)nc(Cl)c1OC.COc1cnc(Cl)nc1Cl. The minimum atomic E-state index is 0.0794. The van der Waals surface area contributed by atoms with Crippen molar-refractivity contribution in [2.45, 2.75) is 0 Å². The van der Waals surface area contributed by atoms with Crippen LogP contribution in [0.5, 0.6) is 11.5 Å². The van der Waals surface area contributed by atoms with Crippen LogP contribution in [-0.2, 0) is 0 Å². The number of ether oxygens (including phenoxy) is 2. The molecule has 0 amide bonds. The molecule has 0 bridgehead atoms. The van der Waals surface area contributed by atoms with Crippen LogP contribution < -0.4 is 9.47 Å². The summed E-state index contributed by atoms with van der Waals surface area (Å²) in [5.74, 6) is 0.808. The van der Waals surface area contributed by atoms with E-state index in [2.05, 4.69) is 26.5 Å². The van der Waals surface area contributed by atoms with E-state index in [1.165, 1.54) is 26.5 Å². The number of hydrogen-bond donors (Lipinski definition) is 0. The highest BCUT2D eigenvalue weighted by atomic mass is 35.5. The van der Waals surface area contributed by atoms with Gasteiger partial charge in [0.05, 0.1) is 20.4 Å². The molecule has 0 aliphatic carbocycles. The van der Waals surface area contributed by atoms with Crippen molar-refractivity contribution in [2.75, 3.05) is 14.2 Å². The van der Waals surface area contributed by atoms with Crippen LogP contribution in [0.3, 0.4) is 0 Å². The van der Waals surface area contributed by atoms with Crippen molar-refractivity contribution in [3.05, 3.63) is 39.3 Å². The van der Waals surface area contributed by atoms with Gasteiger partial charge in [-0.3, -0.25) is 0 Å². The van der Waals surface area contributed by atoms with Crippen molar-refractivity contribution in [1.82, 2.24) is 19.9 Å². The molecule has 0 fully saturated rings. The van der Waals surface area contributed by atoms with E-state index in [0.29, 0.717) is 17.2 Å². The molecule has 0 radical (unpaired) electrons. The Hall–Kier alpha value is -1.34. The van der Waals surface area contributed by atoms with E-state index in [4.69, 9.17) is 55.9 Å². The van der Waals surface area contributed by atoms with Gasteiger partial charge in [0.25, 0.3) is 0 Å². The molecule has 0 atom stereocenters. The molecule has 0 aromatic carbocycles. The second-order valence-corrected chi connectivity index (χ2v) is 4.80. The molecule has 118 valence electrons. The van der Waals surface area contributed by atoms with Gasteiger partial charge in [0.15, 0.2) is 21.8 Å². The van der Waals surface area contributed by atoms with Crippen molar-refractivity contribution in [1.29, 1.82) is 0 Å². The predicted molar refractivity (Wildman–Crippen MR) is 87.3 cm³/mol. The number of methoxy groups -OCH3 is 2. The van der Waals surface area contributed by atoms with Crippen molar-refractivity contribution in [2.24, 2.45) is 0 Å². The summed E-state index contributed by atoms with van der Waals surface area (Å²) in [4.78, 5) is 14.8. The molecule has 0 saturated heterocycles. The number of aromatic nitrogens is 4. The smallest absolute Gasteiger partial charge is 0.224 e. The highest BCUT2D eigenvalue weighted by Crippen LogP contribution is 2.27. The molecule has 2 aromatic heterocycles. The Morgan fingerprint density at radius 1 is 0.955 bits per heavy atom. The Morgan fingerprint density at radius 2 is 1.59 bits per heavy atom. The first-order valence-electron chi connectivity index (χ1n) is 5.54. The molecule has 2 heterocycles. The standard InChI is InChI=1S/C7H6Cl2N2O.C5H4Cl2N2O/c1-3-4-5(12-2)6(8)11-7(9)10-4;1-10-3-2-8-5(7)9-4(3)6/h3H,1H2,2H3;2H,1H3. The average Bonchev–Trinajstić information content (AvgIpc) is 2.47. The van der Waals surface area contributed by atoms with Crippen LogP contribution >= 0.6 is 46.4 Å². The van der Waals surface area contributed by atoms with Crippen molar-refractivity contribution < 1.29 is 9.47 Å². The first-order chi connectivity index (χ1) is 10.4. The minimum Gasteiger partial charge on any atom is -0.492 e. The van der Waals surface area contributed by atoms with E-state index in [1.54, 1.807) is 0 Å². The first-order valence-corrected chi connectivity index (χ1v) is 7.05. The molecule has 0 aliphatic heterocycles. The lowest BCUT2D eigenvalue weighted by atomic mass is 10.4. The third-order valence-corrected chi connectivity index (χ3v) is 3.00. The average molecular weight is 384 g/mol. The Morgan fingerprint density at radius 3 is 2.09 bits per heavy atom. The molecule has 0 aliphatic rings. The zero-order valence-electron chi connectivity index (χ0n) is 11.5. The summed E-state index contributed by atoms with van der Waals surface area (Å²) in [7, 11) is 2.96. The highest BCUT2D eigenvalue weighted by Gasteiger charge is 2.09. The monoisotopic (exact) mass is 382 g/mol. The molecule has 2 aromatic rings. The number of halogens is 4. The molecule has 6 nitrogen and oxygen atoms in total. The summed E-state index contributed by atoms with van der Waals surface area (Å²) >= 11 is 22.2. The van der Waals surface area contributed by atoms with Crippen molar-refractivity contribution in [3.8, 4) is 11.5 Å². The van der Waals surface area contributed by atoms with E-state index in [1.807, 2.05) is 0 Å². The summed E-state index contributed by atoms with van der Waals surface area (Å²) in [6, 6.07) is 0. The van der Waals surface area contributed by atoms with Gasteiger partial charge in [0.1, 0.15) is 5.69 Å². The summed E-state index contributed by atoms with van der Waals surface area (Å²) in [6.07, 6.45) is 2.91. The predicted octanol–water partition coefficient (Wildman–Crippen LogP) is 4.23. The van der Waals surface area contributed by atoms with Crippen LogP contribution in [0.2, 0.25) is 20.9 Å². The van der Waals surface area contributed by atoms with Crippen LogP contribution in [0.25, 0.3) is 6.08 Å². The van der Waals surface area contributed by atoms with Gasteiger partial charge in [0, 0.05) is 0 Å². The van der Waals surface area contributed by atoms with E-state index in [0.717, 1.165) is 0 Å². The Balaban J connectivity index is 0.000000224. The third-order valence-electron chi connectivity index (χ3n) is 2.12. The third kappa shape index (κ3) is 5.14. The Bertz CT molecular complexity index is 670. The van der Waals surface area contributed by atoms with Gasteiger partial charge in [0.2, 0.25) is 10.6 Å². The number of nitrogens with zero attached hydrogens (tertiary/aromatic N) is 4. The Kier molecular flexibility index (Phi) is 7.61. The van der Waals surface area contributed by atoms with Gasteiger partial charge in [-0.25, -0.2) is 19.9 Å². The lowest BCUT2D eigenvalue weighted by Gasteiger charge is -2.04. The second-order valence-electron chi connectivity index (χ2n) is 3.40. The maximum Gasteiger partial charge on any atom is 0.224 e. The topological polar surface area (TPSA) is 70.0 Å². The molecule has 0 N–H and O–H groups in total. The van der Waals surface area contributed by atoms with Crippen molar-refractivity contribution in [3.63, 3.8) is 0 Å². The highest BCUT2D eigenvalue weighted by molar-refractivity contribution is 6.33. The fourth-order valence-corrected chi connectivity index (χ4v) is 2.06. The van der Waals surface area contributed by atoms with E-state index < -0.39 is 0 Å². The number of rotatable bonds is 3. The lowest BCUT2D eigenvalue weighted by molar-refractivity contribution is 0.410. The molecule has 2 rings (SSSR count). The van der Waals surface area contributed by atoms with Gasteiger partial charge in [-0.2, -0.15) is 0 Å². The minimum absolute atomic E-state index is 0.0794. The molecule has 0 unspecified atom stereocenters. The van der Waals surface area contributed by atoms with Crippen LogP contribution in [0.4, 0.5) is 0 Å². The van der Waals surface area contributed by atoms with Crippen LogP contribution in [0.1, 0.15) is 5.69 Å². The normalized spacial score (nSPS) is 9.55. The molecule has 10 heteroatoms. The summed E-state index contributed by atoms with van der Waals surface area (Å²) in [5.41, 5.74) is 0.488. The summed E-state index contributed by atoms with van der Waals surface area (Å²) in [6.45, 7) is 3.53. The molecule has 0 saturated carbocycles. The molecule has 22 heavy (non-hydrogen) atoms. The van der Waals surface area contributed by atoms with E-state index in [9.17, 15) is 0 Å². The van der Waals surface area contributed by atoms with E-state index in [-0.39, 0.29) is 20.9 Å². The first kappa shape index (κ1) is 18.7. The zero-order valence-corrected chi connectivity index (χ0v) is 14.5. The lowest BCUT2D eigenvalue weighted by Crippen LogP contribution is -1.94. The molecule has 0 spiro atoms. The van der Waals surface area contributed by atoms with Gasteiger partial charge in [-0.05, 0) is 29.3 Å². The van der Waals surface area contributed by atoms with Crippen LogP contribution in [-0.4, -0.2) is 34.2 Å². The largest absolute Gasteiger partial charge is 0.492 e. The van der Waals surface area contributed by atoms with Gasteiger partial charge in [-0.1, -0.05) is 29.8 Å². The fourth-order valence-electron chi connectivity index (χ4n) is 1.21.